The van der Waals surface area contributed by atoms with E-state index in [0.29, 0.717) is 6.04 Å². The van der Waals surface area contributed by atoms with Crippen molar-refractivity contribution in [3.63, 3.8) is 0 Å². The lowest BCUT2D eigenvalue weighted by Gasteiger charge is -2.04. The van der Waals surface area contributed by atoms with Gasteiger partial charge in [-0.3, -0.25) is 4.79 Å². The summed E-state index contributed by atoms with van der Waals surface area (Å²) < 4.78 is 0. The van der Waals surface area contributed by atoms with E-state index in [2.05, 4.69) is 35.6 Å². The smallest absolute Gasteiger partial charge is 0.261 e. The number of nitrogens with one attached hydrogen (secondary N) is 1. The summed E-state index contributed by atoms with van der Waals surface area (Å²) in [5.74, 6) is 0.114. The van der Waals surface area contributed by atoms with Crippen LogP contribution < -0.4 is 5.32 Å². The highest BCUT2D eigenvalue weighted by Gasteiger charge is 2.26. The van der Waals surface area contributed by atoms with Crippen LogP contribution in [0.15, 0.2) is 30.3 Å². The summed E-state index contributed by atoms with van der Waals surface area (Å²) in [6, 6.07) is 11.2. The second kappa shape index (κ2) is 4.74. The van der Waals surface area contributed by atoms with Gasteiger partial charge >= 0.3 is 0 Å². The van der Waals surface area contributed by atoms with Gasteiger partial charge in [0, 0.05) is 10.9 Å². The fourth-order valence-electron chi connectivity index (χ4n) is 2.87. The van der Waals surface area contributed by atoms with Crippen molar-refractivity contribution in [2.45, 2.75) is 38.1 Å². The summed E-state index contributed by atoms with van der Waals surface area (Å²) in [4.78, 5) is 14.4. The molecule has 1 amide bonds. The van der Waals surface area contributed by atoms with E-state index in [1.54, 1.807) is 11.3 Å². The Labute approximate surface area is 122 Å². The van der Waals surface area contributed by atoms with Crippen molar-refractivity contribution in [1.29, 1.82) is 0 Å². The predicted octanol–water partition coefficient (Wildman–Crippen LogP) is 3.80. The SMILES string of the molecule is O=C(NC1CC1)c1cc2c(s1)-c1ccccc1CCC2. The molecule has 1 aromatic carbocycles. The van der Waals surface area contributed by atoms with Gasteiger partial charge in [0.05, 0.1) is 4.88 Å². The van der Waals surface area contributed by atoms with Gasteiger partial charge in [-0.2, -0.15) is 0 Å². The monoisotopic (exact) mass is 283 g/mol. The van der Waals surface area contributed by atoms with Crippen molar-refractivity contribution in [3.05, 3.63) is 46.3 Å². The van der Waals surface area contributed by atoms with E-state index in [0.717, 1.165) is 30.6 Å². The maximum atomic E-state index is 12.2. The van der Waals surface area contributed by atoms with Crippen LogP contribution in [0.3, 0.4) is 0 Å². The van der Waals surface area contributed by atoms with Gasteiger partial charge < -0.3 is 5.32 Å². The van der Waals surface area contributed by atoms with Crippen molar-refractivity contribution in [2.75, 3.05) is 0 Å². The van der Waals surface area contributed by atoms with Gasteiger partial charge in [0.15, 0.2) is 0 Å². The standard InChI is InChI=1S/C17H17NOS/c19-17(18-13-8-9-13)15-10-12-6-3-5-11-4-1-2-7-14(11)16(12)20-15/h1-2,4,7,10,13H,3,5-6,8-9H2,(H,18,19). The van der Waals surface area contributed by atoms with E-state index in [9.17, 15) is 4.79 Å². The summed E-state index contributed by atoms with van der Waals surface area (Å²) in [5, 5.41) is 3.09. The van der Waals surface area contributed by atoms with Gasteiger partial charge in [-0.15, -0.1) is 11.3 Å². The zero-order chi connectivity index (χ0) is 13.5. The topological polar surface area (TPSA) is 29.1 Å². The Morgan fingerprint density at radius 1 is 1.15 bits per heavy atom. The number of hydrogen-bond donors (Lipinski definition) is 1. The molecule has 0 atom stereocenters. The van der Waals surface area contributed by atoms with E-state index in [1.165, 1.54) is 28.0 Å². The molecule has 0 unspecified atom stereocenters. The van der Waals surface area contributed by atoms with Crippen LogP contribution in [0.25, 0.3) is 10.4 Å². The highest BCUT2D eigenvalue weighted by molar-refractivity contribution is 7.17. The molecule has 0 spiro atoms. The zero-order valence-electron chi connectivity index (χ0n) is 11.3. The third kappa shape index (κ3) is 2.16. The quantitative estimate of drug-likeness (QED) is 0.892. The van der Waals surface area contributed by atoms with E-state index < -0.39 is 0 Å². The lowest BCUT2D eigenvalue weighted by atomic mass is 10.0. The number of fused-ring (bicyclic) bond motifs is 3. The molecule has 0 aliphatic heterocycles. The third-order valence-corrected chi connectivity index (χ3v) is 5.31. The fourth-order valence-corrected chi connectivity index (χ4v) is 4.04. The molecule has 102 valence electrons. The van der Waals surface area contributed by atoms with Gasteiger partial charge in [0.25, 0.3) is 5.91 Å². The fraction of sp³-hybridized carbons (Fsp3) is 0.353. The van der Waals surface area contributed by atoms with Crippen LogP contribution in [-0.2, 0) is 12.8 Å². The molecule has 3 heteroatoms. The Hall–Kier alpha value is -1.61. The second-order valence-corrected chi connectivity index (χ2v) is 6.78. The molecule has 2 nitrogen and oxygen atoms in total. The summed E-state index contributed by atoms with van der Waals surface area (Å²) in [6.45, 7) is 0. The number of hydrogen-bond acceptors (Lipinski definition) is 2. The van der Waals surface area contributed by atoms with Crippen LogP contribution in [0.5, 0.6) is 0 Å². The molecule has 1 N–H and O–H groups in total. The number of thiophene rings is 1. The molecule has 1 heterocycles. The summed E-state index contributed by atoms with van der Waals surface area (Å²) in [7, 11) is 0. The highest BCUT2D eigenvalue weighted by atomic mass is 32.1. The molecule has 2 aliphatic carbocycles. The molecule has 0 saturated heterocycles. The zero-order valence-corrected chi connectivity index (χ0v) is 12.1. The Morgan fingerprint density at radius 2 is 1.95 bits per heavy atom. The van der Waals surface area contributed by atoms with Crippen LogP contribution in [-0.4, -0.2) is 11.9 Å². The van der Waals surface area contributed by atoms with Crippen LogP contribution in [0.1, 0.15) is 40.1 Å². The van der Waals surface area contributed by atoms with Crippen LogP contribution >= 0.6 is 11.3 Å². The van der Waals surface area contributed by atoms with Gasteiger partial charge in [-0.1, -0.05) is 24.3 Å². The molecule has 1 fully saturated rings. The first kappa shape index (κ1) is 12.2. The summed E-state index contributed by atoms with van der Waals surface area (Å²) in [6.07, 6.45) is 5.67. The lowest BCUT2D eigenvalue weighted by molar-refractivity contribution is 0.0955. The summed E-state index contributed by atoms with van der Waals surface area (Å²) >= 11 is 1.66. The molecule has 2 aromatic rings. The van der Waals surface area contributed by atoms with Crippen molar-refractivity contribution >= 4 is 17.2 Å². The Balaban J connectivity index is 1.73. The minimum atomic E-state index is 0.114. The normalized spacial score (nSPS) is 17.0. The van der Waals surface area contributed by atoms with Crippen molar-refractivity contribution < 1.29 is 4.79 Å². The van der Waals surface area contributed by atoms with E-state index in [-0.39, 0.29) is 5.91 Å². The van der Waals surface area contributed by atoms with Crippen LogP contribution in [0, 0.1) is 0 Å². The molecule has 0 radical (unpaired) electrons. The molecule has 1 aromatic heterocycles. The number of carbonyl (C=O) groups is 1. The Kier molecular flexibility index (Phi) is 2.88. The van der Waals surface area contributed by atoms with Gasteiger partial charge in [0.2, 0.25) is 0 Å². The van der Waals surface area contributed by atoms with E-state index >= 15 is 0 Å². The van der Waals surface area contributed by atoms with E-state index in [1.807, 2.05) is 0 Å². The molecular weight excluding hydrogens is 266 g/mol. The highest BCUT2D eigenvalue weighted by Crippen LogP contribution is 2.38. The Bertz CT molecular complexity index is 669. The van der Waals surface area contributed by atoms with Crippen molar-refractivity contribution in [3.8, 4) is 10.4 Å². The Morgan fingerprint density at radius 3 is 2.80 bits per heavy atom. The molecule has 1 saturated carbocycles. The number of amides is 1. The average molecular weight is 283 g/mol. The maximum absolute atomic E-state index is 12.2. The van der Waals surface area contributed by atoms with Gasteiger partial charge in [0.1, 0.15) is 0 Å². The number of aryl methyl sites for hydroxylation is 2. The number of benzene rings is 1. The first-order valence-electron chi connectivity index (χ1n) is 7.33. The molecule has 4 rings (SSSR count). The van der Waals surface area contributed by atoms with Crippen molar-refractivity contribution in [2.24, 2.45) is 0 Å². The van der Waals surface area contributed by atoms with Gasteiger partial charge in [-0.25, -0.2) is 0 Å². The molecule has 0 bridgehead atoms. The third-order valence-electron chi connectivity index (χ3n) is 4.10. The average Bonchev–Trinajstić information content (AvgIpc) is 3.20. The number of carbonyl (C=O) groups excluding carboxylic acids is 1. The lowest BCUT2D eigenvalue weighted by Crippen LogP contribution is -2.24. The second-order valence-electron chi connectivity index (χ2n) is 5.72. The molecule has 20 heavy (non-hydrogen) atoms. The van der Waals surface area contributed by atoms with Crippen LogP contribution in [0.2, 0.25) is 0 Å². The predicted molar refractivity (Wildman–Crippen MR) is 82.3 cm³/mol. The maximum Gasteiger partial charge on any atom is 0.261 e. The molecular formula is C17H17NOS. The molecule has 2 aliphatic rings. The first-order valence-corrected chi connectivity index (χ1v) is 8.15. The first-order chi connectivity index (χ1) is 9.81. The minimum absolute atomic E-state index is 0.114. The van der Waals surface area contributed by atoms with Gasteiger partial charge in [-0.05, 0) is 54.9 Å². The largest absolute Gasteiger partial charge is 0.349 e. The van der Waals surface area contributed by atoms with E-state index in [4.69, 9.17) is 0 Å². The van der Waals surface area contributed by atoms with Crippen LogP contribution in [0.4, 0.5) is 0 Å². The minimum Gasteiger partial charge on any atom is -0.349 e. The van der Waals surface area contributed by atoms with Crippen molar-refractivity contribution in [1.82, 2.24) is 5.32 Å². The summed E-state index contributed by atoms with van der Waals surface area (Å²) in [5.41, 5.74) is 4.10. The number of rotatable bonds is 2.